The zero-order chi connectivity index (χ0) is 14.7. The number of thioether (sulfide) groups is 3. The van der Waals surface area contributed by atoms with Crippen LogP contribution in [-0.4, -0.2) is 57.3 Å². The molecule has 0 heterocycles. The Hall–Kier alpha value is 1.34. The molecule has 0 saturated carbocycles. The van der Waals surface area contributed by atoms with Crippen LogP contribution in [0.2, 0.25) is 0 Å². The molecule has 0 unspecified atom stereocenters. The molecule has 23 heavy (non-hydrogen) atoms. The first-order valence-corrected chi connectivity index (χ1v) is 8.50. The molecule has 0 aromatic carbocycles. The van der Waals surface area contributed by atoms with Crippen molar-refractivity contribution in [3.8, 4) is 0 Å². The van der Waals surface area contributed by atoms with E-state index in [0.717, 1.165) is 36.9 Å². The van der Waals surface area contributed by atoms with Crippen LogP contribution in [-0.2, 0) is 0 Å². The summed E-state index contributed by atoms with van der Waals surface area (Å²) in [5.74, 6) is 2.26. The lowest BCUT2D eigenvalue weighted by atomic mass is 10.5. The second-order valence-electron chi connectivity index (χ2n) is 3.48. The van der Waals surface area contributed by atoms with E-state index in [1.807, 2.05) is 0 Å². The molecule has 0 amide bonds. The van der Waals surface area contributed by atoms with Gasteiger partial charge in [0.15, 0.2) is 15.5 Å². The third-order valence-corrected chi connectivity index (χ3v) is 4.09. The van der Waals surface area contributed by atoms with Gasteiger partial charge in [0.1, 0.15) is 0 Å². The van der Waals surface area contributed by atoms with Gasteiger partial charge in [0.25, 0.3) is 0 Å². The minimum absolute atomic E-state index is 0. The quantitative estimate of drug-likeness (QED) is 0.166. The number of amidine groups is 3. The van der Waals surface area contributed by atoms with Crippen molar-refractivity contribution in [1.82, 2.24) is 4.90 Å². The number of nitrogens with zero attached hydrogens (tertiary/aromatic N) is 1. The summed E-state index contributed by atoms with van der Waals surface area (Å²) in [6, 6.07) is 0. The summed E-state index contributed by atoms with van der Waals surface area (Å²) in [5.41, 5.74) is 15.9. The highest BCUT2D eigenvalue weighted by Gasteiger charge is 2.06. The van der Waals surface area contributed by atoms with Gasteiger partial charge in [-0.25, -0.2) is 0 Å². The topological polar surface area (TPSA) is 153 Å². The second kappa shape index (κ2) is 23.3. The Bertz CT molecular complexity index is 278. The Labute approximate surface area is 192 Å². The molecule has 0 fully saturated rings. The Balaban J connectivity index is -0.000000270. The zero-order valence-corrected chi connectivity index (χ0v) is 21.6. The van der Waals surface area contributed by atoms with E-state index in [4.69, 9.17) is 33.4 Å². The van der Waals surface area contributed by atoms with E-state index in [-0.39, 0.29) is 83.4 Å². The first kappa shape index (κ1) is 35.4. The largest absolute Gasteiger partial charge is 0.379 e. The van der Waals surface area contributed by atoms with Gasteiger partial charge in [-0.3, -0.25) is 16.2 Å². The summed E-state index contributed by atoms with van der Waals surface area (Å²) in [7, 11) is 0. The van der Waals surface area contributed by atoms with Gasteiger partial charge in [0.05, 0.1) is 0 Å². The standard InChI is InChI=1S/C9H21N7S3.4BrH/c10-7(11)17-4-1-16(2-5-18-8(12)13)3-6-19-9(14)15;;;;/h1-6H2,(H3,10,11)(H3,12,13)(H3,14,15);4*1H. The predicted molar refractivity (Wildman–Crippen MR) is 131 cm³/mol. The molecule has 14 heteroatoms. The van der Waals surface area contributed by atoms with E-state index >= 15 is 0 Å². The molecule has 0 aliphatic carbocycles. The highest BCUT2D eigenvalue weighted by atomic mass is 79.9. The van der Waals surface area contributed by atoms with Crippen molar-refractivity contribution in [2.24, 2.45) is 17.2 Å². The van der Waals surface area contributed by atoms with Crippen molar-refractivity contribution in [2.45, 2.75) is 0 Å². The second-order valence-corrected chi connectivity index (χ2v) is 6.89. The molecule has 7 nitrogen and oxygen atoms in total. The van der Waals surface area contributed by atoms with Crippen LogP contribution in [0.1, 0.15) is 0 Å². The van der Waals surface area contributed by atoms with Crippen LogP contribution < -0.4 is 17.2 Å². The molecule has 0 rings (SSSR count). The molecular formula is C9H25Br4N7S3. The molecule has 0 bridgehead atoms. The fourth-order valence-electron chi connectivity index (χ4n) is 1.19. The third kappa shape index (κ3) is 28.4. The van der Waals surface area contributed by atoms with Crippen LogP contribution in [0.4, 0.5) is 0 Å². The molecule has 0 radical (unpaired) electrons. The number of hydrogen-bond donors (Lipinski definition) is 6. The number of hydrogen-bond acceptors (Lipinski definition) is 7. The minimum atomic E-state index is 0. The van der Waals surface area contributed by atoms with Crippen molar-refractivity contribution in [3.05, 3.63) is 0 Å². The highest BCUT2D eigenvalue weighted by Crippen LogP contribution is 2.05. The SMILES string of the molecule is Br.Br.Br.Br.N=C(N)SCCN(CCSC(=N)N)CCSC(=N)N. The maximum atomic E-state index is 7.15. The fourth-order valence-corrected chi connectivity index (χ4v) is 2.90. The fraction of sp³-hybridized carbons (Fsp3) is 0.667. The van der Waals surface area contributed by atoms with Gasteiger partial charge in [0.2, 0.25) is 0 Å². The minimum Gasteiger partial charge on any atom is -0.379 e. The van der Waals surface area contributed by atoms with E-state index in [9.17, 15) is 0 Å². The van der Waals surface area contributed by atoms with Gasteiger partial charge in [-0.05, 0) is 0 Å². The van der Waals surface area contributed by atoms with E-state index in [0.29, 0.717) is 0 Å². The third-order valence-electron chi connectivity index (χ3n) is 2.00. The van der Waals surface area contributed by atoms with Gasteiger partial charge < -0.3 is 22.1 Å². The van der Waals surface area contributed by atoms with E-state index in [1.54, 1.807) is 0 Å². The van der Waals surface area contributed by atoms with Crippen molar-refractivity contribution in [1.29, 1.82) is 16.2 Å². The Morgan fingerprint density at radius 2 is 0.826 bits per heavy atom. The first-order valence-electron chi connectivity index (χ1n) is 5.54. The number of rotatable bonds is 9. The van der Waals surface area contributed by atoms with Crippen LogP contribution in [0.3, 0.4) is 0 Å². The first-order chi connectivity index (χ1) is 8.91. The summed E-state index contributed by atoms with van der Waals surface area (Å²) in [5, 5.41) is 21.8. The smallest absolute Gasteiger partial charge is 0.151 e. The van der Waals surface area contributed by atoms with Crippen molar-refractivity contribution in [2.75, 3.05) is 36.9 Å². The van der Waals surface area contributed by atoms with Gasteiger partial charge in [-0.2, -0.15) is 0 Å². The van der Waals surface area contributed by atoms with Crippen molar-refractivity contribution < 1.29 is 0 Å². The van der Waals surface area contributed by atoms with Crippen LogP contribution in [0.5, 0.6) is 0 Å². The van der Waals surface area contributed by atoms with Crippen LogP contribution in [0.15, 0.2) is 0 Å². The molecule has 0 atom stereocenters. The molecular weight excluding hydrogens is 622 g/mol. The molecule has 142 valence electrons. The van der Waals surface area contributed by atoms with Gasteiger partial charge >= 0.3 is 0 Å². The lowest BCUT2D eigenvalue weighted by molar-refractivity contribution is 0.330. The summed E-state index contributed by atoms with van der Waals surface area (Å²) in [6.45, 7) is 2.42. The highest BCUT2D eigenvalue weighted by molar-refractivity contribution is 8.93. The molecule has 0 aliphatic rings. The maximum Gasteiger partial charge on any atom is 0.151 e. The summed E-state index contributed by atoms with van der Waals surface area (Å²) in [4.78, 5) is 2.20. The van der Waals surface area contributed by atoms with Crippen LogP contribution >= 0.6 is 103 Å². The van der Waals surface area contributed by atoms with E-state index in [2.05, 4.69) is 4.90 Å². The molecule has 0 spiro atoms. The molecule has 0 aromatic heterocycles. The van der Waals surface area contributed by atoms with Crippen LogP contribution in [0, 0.1) is 16.2 Å². The Morgan fingerprint density at radius 1 is 0.609 bits per heavy atom. The van der Waals surface area contributed by atoms with Gasteiger partial charge in [-0.15, -0.1) is 67.9 Å². The van der Waals surface area contributed by atoms with Crippen molar-refractivity contribution >= 4 is 119 Å². The molecule has 9 N–H and O–H groups in total. The predicted octanol–water partition coefficient (Wildman–Crippen LogP) is 2.48. The number of nitrogens with one attached hydrogen (secondary N) is 3. The van der Waals surface area contributed by atoms with E-state index in [1.165, 1.54) is 35.3 Å². The lowest BCUT2D eigenvalue weighted by Crippen LogP contribution is -2.32. The van der Waals surface area contributed by atoms with Gasteiger partial charge in [0, 0.05) is 36.9 Å². The molecule has 0 saturated heterocycles. The number of halogens is 4. The average molecular weight is 647 g/mol. The summed E-state index contributed by atoms with van der Waals surface area (Å²) in [6.07, 6.45) is 0. The van der Waals surface area contributed by atoms with Crippen molar-refractivity contribution in [3.63, 3.8) is 0 Å². The Morgan fingerprint density at radius 3 is 1.00 bits per heavy atom. The molecule has 0 aromatic rings. The number of nitrogens with two attached hydrogens (primary N) is 3. The average Bonchev–Trinajstić information content (AvgIpc) is 2.26. The maximum absolute atomic E-state index is 7.15. The summed E-state index contributed by atoms with van der Waals surface area (Å²) < 4.78 is 0. The molecule has 0 aliphatic heterocycles. The summed E-state index contributed by atoms with van der Waals surface area (Å²) >= 11 is 3.93. The normalized spacial score (nSPS) is 8.74. The van der Waals surface area contributed by atoms with E-state index < -0.39 is 0 Å². The lowest BCUT2D eigenvalue weighted by Gasteiger charge is -2.21. The van der Waals surface area contributed by atoms with Gasteiger partial charge in [-0.1, -0.05) is 35.3 Å². The monoisotopic (exact) mass is 643 g/mol. The zero-order valence-electron chi connectivity index (χ0n) is 12.3. The van der Waals surface area contributed by atoms with Crippen LogP contribution in [0.25, 0.3) is 0 Å². The Kier molecular flexibility index (Phi) is 36.0.